The molecule has 3 rings (SSSR count). The highest BCUT2D eigenvalue weighted by atomic mass is 79.9. The van der Waals surface area contributed by atoms with Crippen LogP contribution in [0, 0.1) is 0 Å². The first-order chi connectivity index (χ1) is 9.26. The number of ether oxygens (including phenoxy) is 1. The predicted octanol–water partition coefficient (Wildman–Crippen LogP) is 4.91. The lowest BCUT2D eigenvalue weighted by Crippen LogP contribution is -1.95. The van der Waals surface area contributed by atoms with Crippen molar-refractivity contribution in [1.82, 2.24) is 4.57 Å². The van der Waals surface area contributed by atoms with Crippen LogP contribution in [0.3, 0.4) is 0 Å². The van der Waals surface area contributed by atoms with Crippen molar-refractivity contribution in [2.45, 2.75) is 13.5 Å². The molecule has 0 saturated carbocycles. The summed E-state index contributed by atoms with van der Waals surface area (Å²) in [5.41, 5.74) is 1.24. The van der Waals surface area contributed by atoms with Gasteiger partial charge in [0.15, 0.2) is 0 Å². The van der Waals surface area contributed by atoms with Crippen LogP contribution in [0.5, 0.6) is 5.75 Å². The largest absolute Gasteiger partial charge is 0.494 e. The van der Waals surface area contributed by atoms with Gasteiger partial charge in [0.05, 0.1) is 13.2 Å². The molecule has 2 heterocycles. The maximum Gasteiger partial charge on any atom is 0.120 e. The lowest BCUT2D eigenvalue weighted by molar-refractivity contribution is 0.340. The number of aromatic nitrogens is 1. The Morgan fingerprint density at radius 3 is 2.89 bits per heavy atom. The Morgan fingerprint density at radius 2 is 2.16 bits per heavy atom. The van der Waals surface area contributed by atoms with Crippen molar-refractivity contribution in [3.8, 4) is 5.75 Å². The Hall–Kier alpha value is -1.26. The van der Waals surface area contributed by atoms with Gasteiger partial charge < -0.3 is 9.30 Å². The molecule has 0 atom stereocenters. The van der Waals surface area contributed by atoms with Gasteiger partial charge >= 0.3 is 0 Å². The van der Waals surface area contributed by atoms with Crippen molar-refractivity contribution in [3.63, 3.8) is 0 Å². The molecule has 0 aliphatic heterocycles. The summed E-state index contributed by atoms with van der Waals surface area (Å²) in [7, 11) is 0. The molecule has 4 heteroatoms. The molecule has 0 saturated heterocycles. The molecule has 2 aromatic heterocycles. The van der Waals surface area contributed by atoms with Gasteiger partial charge in [-0.1, -0.05) is 0 Å². The molecular formula is C15H14BrNOS. The molecule has 0 unspecified atom stereocenters. The third-order valence-corrected chi connectivity index (χ3v) is 4.68. The summed E-state index contributed by atoms with van der Waals surface area (Å²) < 4.78 is 8.95. The molecule has 0 fully saturated rings. The molecule has 0 aliphatic rings. The number of fused-ring (bicyclic) bond motifs is 1. The molecule has 98 valence electrons. The van der Waals surface area contributed by atoms with Crippen LogP contribution in [0.15, 0.2) is 46.4 Å². The fourth-order valence-corrected chi connectivity index (χ4v) is 3.63. The second-order valence-corrected chi connectivity index (χ2v) is 6.24. The van der Waals surface area contributed by atoms with Gasteiger partial charge in [-0.25, -0.2) is 0 Å². The summed E-state index contributed by atoms with van der Waals surface area (Å²) in [5.74, 6) is 0.937. The Labute approximate surface area is 124 Å². The van der Waals surface area contributed by atoms with E-state index in [1.807, 2.05) is 13.0 Å². The monoisotopic (exact) mass is 335 g/mol. The van der Waals surface area contributed by atoms with Gasteiger partial charge in [-0.2, -0.15) is 0 Å². The number of rotatable bonds is 4. The molecule has 0 amide bonds. The number of nitrogens with zero attached hydrogens (tertiary/aromatic N) is 1. The Kier molecular flexibility index (Phi) is 3.62. The Bertz CT molecular complexity index is 701. The predicted molar refractivity (Wildman–Crippen MR) is 84.2 cm³/mol. The van der Waals surface area contributed by atoms with Crippen LogP contribution in [0.25, 0.3) is 10.9 Å². The summed E-state index contributed by atoms with van der Waals surface area (Å²) in [6.45, 7) is 3.62. The highest BCUT2D eigenvalue weighted by Gasteiger charge is 2.05. The first kappa shape index (κ1) is 12.8. The third kappa shape index (κ3) is 2.69. The number of benzene rings is 1. The topological polar surface area (TPSA) is 14.2 Å². The number of thiophene rings is 1. The fraction of sp³-hybridized carbons (Fsp3) is 0.200. The molecule has 0 spiro atoms. The third-order valence-electron chi connectivity index (χ3n) is 3.00. The summed E-state index contributed by atoms with van der Waals surface area (Å²) in [5, 5.41) is 3.34. The SMILES string of the molecule is CCOc1ccc2c(ccn2Cc2cc(Br)cs2)c1. The molecule has 0 N–H and O–H groups in total. The molecular weight excluding hydrogens is 322 g/mol. The van der Waals surface area contributed by atoms with E-state index in [1.165, 1.54) is 15.8 Å². The van der Waals surface area contributed by atoms with E-state index in [2.05, 4.69) is 56.3 Å². The average molecular weight is 336 g/mol. The lowest BCUT2D eigenvalue weighted by atomic mass is 10.2. The highest BCUT2D eigenvalue weighted by molar-refractivity contribution is 9.10. The number of hydrogen-bond acceptors (Lipinski definition) is 2. The smallest absolute Gasteiger partial charge is 0.120 e. The molecule has 19 heavy (non-hydrogen) atoms. The van der Waals surface area contributed by atoms with Gasteiger partial charge in [0.2, 0.25) is 0 Å². The average Bonchev–Trinajstić information content (AvgIpc) is 2.97. The van der Waals surface area contributed by atoms with E-state index in [1.54, 1.807) is 11.3 Å². The Balaban J connectivity index is 1.92. The molecule has 2 nitrogen and oxygen atoms in total. The fourth-order valence-electron chi connectivity index (χ4n) is 2.18. The number of halogens is 1. The second kappa shape index (κ2) is 5.39. The minimum Gasteiger partial charge on any atom is -0.494 e. The van der Waals surface area contributed by atoms with Crippen molar-refractivity contribution in [1.29, 1.82) is 0 Å². The van der Waals surface area contributed by atoms with Crippen molar-refractivity contribution >= 4 is 38.2 Å². The van der Waals surface area contributed by atoms with Gasteiger partial charge in [-0.15, -0.1) is 11.3 Å². The first-order valence-corrected chi connectivity index (χ1v) is 7.88. The van der Waals surface area contributed by atoms with Crippen molar-refractivity contribution in [3.05, 3.63) is 51.3 Å². The van der Waals surface area contributed by atoms with Gasteiger partial charge in [0.25, 0.3) is 0 Å². The minimum absolute atomic E-state index is 0.704. The van der Waals surface area contributed by atoms with Crippen molar-refractivity contribution in [2.24, 2.45) is 0 Å². The minimum atomic E-state index is 0.704. The normalized spacial score (nSPS) is 11.1. The quantitative estimate of drug-likeness (QED) is 0.660. The van der Waals surface area contributed by atoms with Crippen molar-refractivity contribution < 1.29 is 4.74 Å². The van der Waals surface area contributed by atoms with E-state index in [0.29, 0.717) is 6.61 Å². The van der Waals surface area contributed by atoms with E-state index < -0.39 is 0 Å². The number of hydrogen-bond donors (Lipinski definition) is 0. The first-order valence-electron chi connectivity index (χ1n) is 6.21. The van der Waals surface area contributed by atoms with Crippen LogP contribution in [0.2, 0.25) is 0 Å². The summed E-state index contributed by atoms with van der Waals surface area (Å²) in [6, 6.07) is 10.6. The van der Waals surface area contributed by atoms with E-state index >= 15 is 0 Å². The van der Waals surface area contributed by atoms with Gasteiger partial charge in [-0.05, 0) is 53.2 Å². The van der Waals surface area contributed by atoms with E-state index in [9.17, 15) is 0 Å². The highest BCUT2D eigenvalue weighted by Crippen LogP contribution is 2.25. The summed E-state index contributed by atoms with van der Waals surface area (Å²) in [6.07, 6.45) is 2.13. The van der Waals surface area contributed by atoms with Crippen LogP contribution in [0.4, 0.5) is 0 Å². The summed E-state index contributed by atoms with van der Waals surface area (Å²) >= 11 is 5.27. The van der Waals surface area contributed by atoms with E-state index in [0.717, 1.165) is 16.8 Å². The Morgan fingerprint density at radius 1 is 1.26 bits per heavy atom. The van der Waals surface area contributed by atoms with Gasteiger partial charge in [0.1, 0.15) is 5.75 Å². The molecule has 1 aromatic carbocycles. The maximum absolute atomic E-state index is 5.53. The molecule has 0 radical (unpaired) electrons. The zero-order chi connectivity index (χ0) is 13.2. The molecule has 3 aromatic rings. The van der Waals surface area contributed by atoms with Crippen LogP contribution in [-0.4, -0.2) is 11.2 Å². The lowest BCUT2D eigenvalue weighted by Gasteiger charge is -2.05. The molecule has 0 aliphatic carbocycles. The van der Waals surface area contributed by atoms with Crippen LogP contribution < -0.4 is 4.74 Å². The zero-order valence-corrected chi connectivity index (χ0v) is 13.0. The summed E-state index contributed by atoms with van der Waals surface area (Å²) in [4.78, 5) is 1.35. The van der Waals surface area contributed by atoms with Crippen molar-refractivity contribution in [2.75, 3.05) is 6.61 Å². The van der Waals surface area contributed by atoms with Gasteiger partial charge in [-0.3, -0.25) is 0 Å². The standard InChI is InChI=1S/C15H14BrNOS/c1-2-18-13-3-4-15-11(7-13)5-6-17(15)9-14-8-12(16)10-19-14/h3-8,10H,2,9H2,1H3. The van der Waals surface area contributed by atoms with Gasteiger partial charge in [0, 0.05) is 31.8 Å². The second-order valence-electron chi connectivity index (χ2n) is 4.33. The maximum atomic E-state index is 5.53. The van der Waals surface area contributed by atoms with Crippen LogP contribution in [0.1, 0.15) is 11.8 Å². The van der Waals surface area contributed by atoms with E-state index in [4.69, 9.17) is 4.74 Å². The van der Waals surface area contributed by atoms with Crippen LogP contribution in [-0.2, 0) is 6.54 Å². The zero-order valence-electron chi connectivity index (χ0n) is 10.6. The van der Waals surface area contributed by atoms with Crippen LogP contribution >= 0.6 is 27.3 Å². The molecule has 0 bridgehead atoms. The van der Waals surface area contributed by atoms with E-state index in [-0.39, 0.29) is 0 Å².